The summed E-state index contributed by atoms with van der Waals surface area (Å²) in [7, 11) is 0. The third-order valence-corrected chi connectivity index (χ3v) is 5.45. The summed E-state index contributed by atoms with van der Waals surface area (Å²) in [6.07, 6.45) is 4.43. The number of carbonyl (C=O) groups excluding carboxylic acids is 1. The second-order valence-corrected chi connectivity index (χ2v) is 6.78. The van der Waals surface area contributed by atoms with Crippen LogP contribution < -0.4 is 0 Å². The van der Waals surface area contributed by atoms with E-state index in [1.807, 2.05) is 67.6 Å². The van der Waals surface area contributed by atoms with Crippen molar-refractivity contribution in [3.8, 4) is 0 Å². The molecule has 2 aromatic rings. The number of hydrogen-bond donors (Lipinski definition) is 1. The second kappa shape index (κ2) is 6.29. The van der Waals surface area contributed by atoms with E-state index in [1.54, 1.807) is 0 Å². The average Bonchev–Trinajstić information content (AvgIpc) is 2.62. The van der Waals surface area contributed by atoms with Crippen LogP contribution in [0.1, 0.15) is 54.9 Å². The normalized spacial score (nSPS) is 19.7. The fraction of sp³-hybridized carbons (Fsp3) is 0.381. The number of carbonyl (C=O) groups is 1. The zero-order valence-electron chi connectivity index (χ0n) is 13.7. The summed E-state index contributed by atoms with van der Waals surface area (Å²) >= 11 is 0. The predicted octanol–water partition coefficient (Wildman–Crippen LogP) is 4.52. The second-order valence-electron chi connectivity index (χ2n) is 6.78. The van der Waals surface area contributed by atoms with Crippen LogP contribution in [0, 0.1) is 0 Å². The highest BCUT2D eigenvalue weighted by atomic mass is 16.3. The van der Waals surface area contributed by atoms with E-state index in [0.717, 1.165) is 24.8 Å². The maximum atomic E-state index is 13.4. The van der Waals surface area contributed by atoms with Crippen molar-refractivity contribution in [3.05, 3.63) is 71.8 Å². The first-order chi connectivity index (χ1) is 11.1. The molecule has 23 heavy (non-hydrogen) atoms. The van der Waals surface area contributed by atoms with Gasteiger partial charge in [0.1, 0.15) is 0 Å². The van der Waals surface area contributed by atoms with Crippen LogP contribution in [0.3, 0.4) is 0 Å². The third kappa shape index (κ3) is 2.72. The Balaban J connectivity index is 2.12. The molecule has 120 valence electrons. The highest BCUT2D eigenvalue weighted by Gasteiger charge is 2.53. The van der Waals surface area contributed by atoms with Crippen LogP contribution in [0.15, 0.2) is 60.7 Å². The first-order valence-electron chi connectivity index (χ1n) is 8.46. The Kier molecular flexibility index (Phi) is 4.36. The lowest BCUT2D eigenvalue weighted by Crippen LogP contribution is -2.55. The van der Waals surface area contributed by atoms with Gasteiger partial charge in [-0.15, -0.1) is 0 Å². The molecule has 0 bridgehead atoms. The molecular formula is C21H24O2. The van der Waals surface area contributed by atoms with Gasteiger partial charge in [0.2, 0.25) is 0 Å². The molecular weight excluding hydrogens is 284 g/mol. The van der Waals surface area contributed by atoms with E-state index < -0.39 is 11.0 Å². The van der Waals surface area contributed by atoms with Crippen LogP contribution in [0.2, 0.25) is 0 Å². The van der Waals surface area contributed by atoms with Crippen molar-refractivity contribution in [1.82, 2.24) is 0 Å². The quantitative estimate of drug-likeness (QED) is 0.843. The minimum atomic E-state index is -0.987. The number of ketones is 1. The lowest BCUT2D eigenvalue weighted by molar-refractivity contribution is -0.0501. The standard InChI is InChI=1S/C21H24O2/c1-20(18-13-7-3-8-14-18,21(23)15-9-4-10-16-21)19(22)17-11-5-2-6-12-17/h2-3,5-8,11-14,23H,4,9-10,15-16H2,1H3. The Bertz CT molecular complexity index is 657. The van der Waals surface area contributed by atoms with E-state index in [-0.39, 0.29) is 5.78 Å². The van der Waals surface area contributed by atoms with Crippen LogP contribution in [0.25, 0.3) is 0 Å². The molecule has 2 nitrogen and oxygen atoms in total. The van der Waals surface area contributed by atoms with Crippen molar-refractivity contribution < 1.29 is 9.90 Å². The molecule has 3 rings (SSSR count). The van der Waals surface area contributed by atoms with Gasteiger partial charge in [-0.25, -0.2) is 0 Å². The maximum absolute atomic E-state index is 13.4. The molecule has 1 fully saturated rings. The highest BCUT2D eigenvalue weighted by molar-refractivity contribution is 6.04. The van der Waals surface area contributed by atoms with Gasteiger partial charge in [0.25, 0.3) is 0 Å². The Morgan fingerprint density at radius 2 is 1.43 bits per heavy atom. The minimum absolute atomic E-state index is 0.00806. The Morgan fingerprint density at radius 1 is 0.913 bits per heavy atom. The summed E-state index contributed by atoms with van der Waals surface area (Å²) in [5, 5.41) is 11.5. The van der Waals surface area contributed by atoms with E-state index in [9.17, 15) is 9.90 Å². The van der Waals surface area contributed by atoms with E-state index in [0.29, 0.717) is 18.4 Å². The molecule has 0 heterocycles. The smallest absolute Gasteiger partial charge is 0.175 e. The zero-order chi connectivity index (χ0) is 16.3. The molecule has 0 saturated heterocycles. The van der Waals surface area contributed by atoms with Gasteiger partial charge in [-0.3, -0.25) is 4.79 Å². The van der Waals surface area contributed by atoms with E-state index in [4.69, 9.17) is 0 Å². The Morgan fingerprint density at radius 3 is 2.00 bits per heavy atom. The van der Waals surface area contributed by atoms with Crippen molar-refractivity contribution in [2.45, 2.75) is 50.0 Å². The van der Waals surface area contributed by atoms with Gasteiger partial charge in [-0.05, 0) is 25.3 Å². The first kappa shape index (κ1) is 15.9. The molecule has 1 atom stereocenters. The third-order valence-electron chi connectivity index (χ3n) is 5.45. The van der Waals surface area contributed by atoms with Gasteiger partial charge in [0.15, 0.2) is 5.78 Å². The molecule has 0 radical (unpaired) electrons. The largest absolute Gasteiger partial charge is 0.388 e. The van der Waals surface area contributed by atoms with Crippen LogP contribution >= 0.6 is 0 Å². The lowest BCUT2D eigenvalue weighted by atomic mass is 9.60. The van der Waals surface area contributed by atoms with Crippen LogP contribution in [0.5, 0.6) is 0 Å². The summed E-state index contributed by atoms with van der Waals surface area (Å²) in [6.45, 7) is 1.92. The summed E-state index contributed by atoms with van der Waals surface area (Å²) in [6, 6.07) is 19.1. The SMILES string of the molecule is CC(C(=O)c1ccccc1)(c1ccccc1)C1(O)CCCCC1. The van der Waals surface area contributed by atoms with Crippen molar-refractivity contribution in [2.75, 3.05) is 0 Å². The molecule has 2 heteroatoms. The molecule has 1 aliphatic rings. The number of aliphatic hydroxyl groups is 1. The molecule has 0 amide bonds. The number of rotatable bonds is 4. The van der Waals surface area contributed by atoms with E-state index >= 15 is 0 Å². The fourth-order valence-corrected chi connectivity index (χ4v) is 3.90. The Labute approximate surface area is 138 Å². The summed E-state index contributed by atoms with van der Waals surface area (Å²) in [5.41, 5.74) is -0.341. The molecule has 1 unspecified atom stereocenters. The fourth-order valence-electron chi connectivity index (χ4n) is 3.90. The number of Topliss-reactive ketones (excluding diaryl/α,β-unsaturated/α-hetero) is 1. The lowest BCUT2D eigenvalue weighted by Gasteiger charge is -2.46. The van der Waals surface area contributed by atoms with Gasteiger partial charge >= 0.3 is 0 Å². The van der Waals surface area contributed by atoms with E-state index in [1.165, 1.54) is 0 Å². The predicted molar refractivity (Wildman–Crippen MR) is 92.6 cm³/mol. The molecule has 2 aromatic carbocycles. The summed E-state index contributed by atoms with van der Waals surface area (Å²) in [5.74, 6) is 0.00806. The molecule has 1 aliphatic carbocycles. The minimum Gasteiger partial charge on any atom is -0.388 e. The van der Waals surface area contributed by atoms with Gasteiger partial charge in [-0.1, -0.05) is 79.9 Å². The Hall–Kier alpha value is -1.93. The molecule has 1 N–H and O–H groups in total. The van der Waals surface area contributed by atoms with Crippen molar-refractivity contribution in [2.24, 2.45) is 0 Å². The average molecular weight is 308 g/mol. The van der Waals surface area contributed by atoms with Crippen LogP contribution in [0.4, 0.5) is 0 Å². The monoisotopic (exact) mass is 308 g/mol. The zero-order valence-corrected chi connectivity index (χ0v) is 13.7. The molecule has 1 saturated carbocycles. The first-order valence-corrected chi connectivity index (χ1v) is 8.46. The molecule has 0 spiro atoms. The summed E-state index contributed by atoms with van der Waals surface area (Å²) < 4.78 is 0. The molecule has 0 aromatic heterocycles. The highest BCUT2D eigenvalue weighted by Crippen LogP contribution is 2.46. The van der Waals surface area contributed by atoms with Gasteiger partial charge in [0, 0.05) is 5.56 Å². The molecule has 0 aliphatic heterocycles. The van der Waals surface area contributed by atoms with Crippen LogP contribution in [-0.4, -0.2) is 16.5 Å². The van der Waals surface area contributed by atoms with Crippen molar-refractivity contribution in [3.63, 3.8) is 0 Å². The maximum Gasteiger partial charge on any atom is 0.175 e. The van der Waals surface area contributed by atoms with Gasteiger partial charge < -0.3 is 5.11 Å². The van der Waals surface area contributed by atoms with Gasteiger partial charge in [0.05, 0.1) is 11.0 Å². The van der Waals surface area contributed by atoms with E-state index in [2.05, 4.69) is 0 Å². The topological polar surface area (TPSA) is 37.3 Å². The van der Waals surface area contributed by atoms with Crippen molar-refractivity contribution >= 4 is 5.78 Å². The summed E-state index contributed by atoms with van der Waals surface area (Å²) in [4.78, 5) is 13.4. The number of benzene rings is 2. The van der Waals surface area contributed by atoms with Crippen LogP contribution in [-0.2, 0) is 5.41 Å². The van der Waals surface area contributed by atoms with Gasteiger partial charge in [-0.2, -0.15) is 0 Å². The number of hydrogen-bond acceptors (Lipinski definition) is 2. The van der Waals surface area contributed by atoms with Crippen molar-refractivity contribution in [1.29, 1.82) is 0 Å².